The molecule has 156 valence electrons. The number of amides is 2. The van der Waals surface area contributed by atoms with Crippen molar-refractivity contribution in [1.82, 2.24) is 15.5 Å². The zero-order valence-corrected chi connectivity index (χ0v) is 17.3. The molecule has 2 N–H and O–H groups in total. The van der Waals surface area contributed by atoms with Crippen molar-refractivity contribution < 1.29 is 14.3 Å². The van der Waals surface area contributed by atoms with Crippen molar-refractivity contribution in [2.45, 2.75) is 26.4 Å². The van der Waals surface area contributed by atoms with Crippen LogP contribution >= 0.6 is 0 Å². The van der Waals surface area contributed by atoms with Gasteiger partial charge >= 0.3 is 0 Å². The highest BCUT2D eigenvalue weighted by molar-refractivity contribution is 5.91. The molecule has 6 heteroatoms. The predicted molar refractivity (Wildman–Crippen MR) is 115 cm³/mol. The highest BCUT2D eigenvalue weighted by Gasteiger charge is 2.21. The molecular formula is C23H31N3O3. The third kappa shape index (κ3) is 6.54. The maximum Gasteiger partial charge on any atom is 0.239 e. The molecule has 2 aromatic carbocycles. The maximum atomic E-state index is 12.3. The lowest BCUT2D eigenvalue weighted by atomic mass is 10.0. The fraction of sp³-hybridized carbons (Fsp3) is 0.478. The second kappa shape index (κ2) is 10.4. The number of hydrogen-bond donors (Lipinski definition) is 2. The van der Waals surface area contributed by atoms with Gasteiger partial charge < -0.3 is 15.4 Å². The summed E-state index contributed by atoms with van der Waals surface area (Å²) in [6.45, 7) is 8.34. The van der Waals surface area contributed by atoms with Crippen molar-refractivity contribution in [3.05, 3.63) is 48.0 Å². The van der Waals surface area contributed by atoms with Gasteiger partial charge in [-0.3, -0.25) is 14.5 Å². The molecule has 0 radical (unpaired) electrons. The molecule has 1 unspecified atom stereocenters. The molecule has 0 aliphatic carbocycles. The van der Waals surface area contributed by atoms with E-state index in [4.69, 9.17) is 4.74 Å². The average molecular weight is 398 g/mol. The Kier molecular flexibility index (Phi) is 7.61. The third-order valence-corrected chi connectivity index (χ3v) is 5.05. The number of carbonyl (C=O) groups is 2. The van der Waals surface area contributed by atoms with Crippen molar-refractivity contribution >= 4 is 22.6 Å². The molecule has 1 atom stereocenters. The van der Waals surface area contributed by atoms with Crippen LogP contribution < -0.4 is 10.6 Å². The van der Waals surface area contributed by atoms with Gasteiger partial charge in [0.05, 0.1) is 25.7 Å². The number of morpholine rings is 1. The Morgan fingerprint density at radius 3 is 2.72 bits per heavy atom. The van der Waals surface area contributed by atoms with Gasteiger partial charge in [0.15, 0.2) is 0 Å². The molecule has 1 aliphatic heterocycles. The van der Waals surface area contributed by atoms with Crippen LogP contribution in [0.25, 0.3) is 10.8 Å². The molecule has 0 spiro atoms. The fourth-order valence-electron chi connectivity index (χ4n) is 3.74. The van der Waals surface area contributed by atoms with Crippen molar-refractivity contribution in [2.24, 2.45) is 5.92 Å². The first-order valence-corrected chi connectivity index (χ1v) is 10.3. The van der Waals surface area contributed by atoms with Gasteiger partial charge in [-0.1, -0.05) is 56.3 Å². The van der Waals surface area contributed by atoms with Crippen LogP contribution in [0.5, 0.6) is 0 Å². The Bertz CT molecular complexity index is 832. The van der Waals surface area contributed by atoms with Crippen molar-refractivity contribution in [2.75, 3.05) is 39.3 Å². The molecule has 2 amide bonds. The van der Waals surface area contributed by atoms with Gasteiger partial charge in [0.25, 0.3) is 0 Å². The van der Waals surface area contributed by atoms with Crippen molar-refractivity contribution in [1.29, 1.82) is 0 Å². The minimum atomic E-state index is -0.194. The molecule has 3 rings (SSSR count). The van der Waals surface area contributed by atoms with E-state index in [-0.39, 0.29) is 30.9 Å². The molecule has 1 fully saturated rings. The Labute approximate surface area is 172 Å². The van der Waals surface area contributed by atoms with Gasteiger partial charge in [-0.2, -0.15) is 0 Å². The second-order valence-corrected chi connectivity index (χ2v) is 8.04. The third-order valence-electron chi connectivity index (χ3n) is 5.05. The van der Waals surface area contributed by atoms with Crippen LogP contribution in [-0.4, -0.2) is 62.1 Å². The number of carbonyl (C=O) groups excluding carboxylic acids is 2. The van der Waals surface area contributed by atoms with Crippen LogP contribution in [0.2, 0.25) is 0 Å². The van der Waals surface area contributed by atoms with Crippen LogP contribution in [-0.2, 0) is 20.7 Å². The lowest BCUT2D eigenvalue weighted by Gasteiger charge is -2.33. The summed E-state index contributed by atoms with van der Waals surface area (Å²) in [5.74, 6) is 0.259. The van der Waals surface area contributed by atoms with E-state index in [2.05, 4.69) is 29.4 Å². The number of ether oxygens (including phenoxy) is 1. The van der Waals surface area contributed by atoms with Crippen LogP contribution in [0.1, 0.15) is 19.4 Å². The molecule has 6 nitrogen and oxygen atoms in total. The number of fused-ring (bicyclic) bond motifs is 1. The predicted octanol–water partition coefficient (Wildman–Crippen LogP) is 1.97. The van der Waals surface area contributed by atoms with Crippen LogP contribution in [0.15, 0.2) is 42.5 Å². The van der Waals surface area contributed by atoms with E-state index in [1.165, 1.54) is 0 Å². The monoisotopic (exact) mass is 397 g/mol. The zero-order chi connectivity index (χ0) is 20.6. The number of nitrogens with one attached hydrogen (secondary N) is 2. The Morgan fingerprint density at radius 2 is 1.90 bits per heavy atom. The zero-order valence-electron chi connectivity index (χ0n) is 17.3. The lowest BCUT2D eigenvalue weighted by Crippen LogP contribution is -2.49. The highest BCUT2D eigenvalue weighted by Crippen LogP contribution is 2.18. The van der Waals surface area contributed by atoms with Crippen molar-refractivity contribution in [3.63, 3.8) is 0 Å². The van der Waals surface area contributed by atoms with Crippen LogP contribution in [0.3, 0.4) is 0 Å². The number of nitrogens with zero attached hydrogens (tertiary/aromatic N) is 1. The number of hydrogen-bond acceptors (Lipinski definition) is 4. The van der Waals surface area contributed by atoms with Crippen molar-refractivity contribution in [3.8, 4) is 0 Å². The molecule has 0 bridgehead atoms. The summed E-state index contributed by atoms with van der Waals surface area (Å²) in [4.78, 5) is 26.8. The van der Waals surface area contributed by atoms with Gasteiger partial charge in [-0.05, 0) is 22.3 Å². The smallest absolute Gasteiger partial charge is 0.239 e. The Morgan fingerprint density at radius 1 is 1.10 bits per heavy atom. The highest BCUT2D eigenvalue weighted by atomic mass is 16.5. The van der Waals surface area contributed by atoms with Crippen LogP contribution in [0, 0.1) is 5.92 Å². The summed E-state index contributed by atoms with van der Waals surface area (Å²) in [5.41, 5.74) is 0.960. The van der Waals surface area contributed by atoms with Gasteiger partial charge in [0, 0.05) is 26.2 Å². The standard InChI is InChI=1S/C23H31N3O3/c1-17(2)15-26-10-11-29-20(16-26)13-24-23(28)14-25-22(27)12-19-8-5-7-18-6-3-4-9-21(18)19/h3-9,17,20H,10-16H2,1-2H3,(H,24,28)(H,25,27). The van der Waals surface area contributed by atoms with E-state index in [1.54, 1.807) is 0 Å². The van der Waals surface area contributed by atoms with E-state index >= 15 is 0 Å². The summed E-state index contributed by atoms with van der Waals surface area (Å²) in [6, 6.07) is 13.9. The SMILES string of the molecule is CC(C)CN1CCOC(CNC(=O)CNC(=O)Cc2cccc3ccccc23)C1. The maximum absolute atomic E-state index is 12.3. The first-order valence-electron chi connectivity index (χ1n) is 10.3. The van der Waals surface area contributed by atoms with E-state index in [1.807, 2.05) is 42.5 Å². The summed E-state index contributed by atoms with van der Waals surface area (Å²) < 4.78 is 5.74. The normalized spacial score (nSPS) is 17.4. The van der Waals surface area contributed by atoms with E-state index in [0.29, 0.717) is 19.1 Å². The number of benzene rings is 2. The summed E-state index contributed by atoms with van der Waals surface area (Å²) in [6.07, 6.45) is 0.252. The average Bonchev–Trinajstić information content (AvgIpc) is 2.71. The second-order valence-electron chi connectivity index (χ2n) is 8.04. The molecule has 1 aliphatic rings. The van der Waals surface area contributed by atoms with E-state index in [0.717, 1.165) is 36.0 Å². The van der Waals surface area contributed by atoms with E-state index < -0.39 is 0 Å². The minimum Gasteiger partial charge on any atom is -0.374 e. The van der Waals surface area contributed by atoms with Gasteiger partial charge in [-0.15, -0.1) is 0 Å². The number of rotatable bonds is 8. The Hall–Kier alpha value is -2.44. The first kappa shape index (κ1) is 21.3. The topological polar surface area (TPSA) is 70.7 Å². The summed E-state index contributed by atoms with van der Waals surface area (Å²) >= 11 is 0. The Balaban J connectivity index is 1.40. The summed E-state index contributed by atoms with van der Waals surface area (Å²) in [5, 5.41) is 7.76. The van der Waals surface area contributed by atoms with Gasteiger partial charge in [0.2, 0.25) is 11.8 Å². The summed E-state index contributed by atoms with van der Waals surface area (Å²) in [7, 11) is 0. The quantitative estimate of drug-likeness (QED) is 0.715. The van der Waals surface area contributed by atoms with Gasteiger partial charge in [-0.25, -0.2) is 0 Å². The molecule has 0 saturated carbocycles. The molecule has 2 aromatic rings. The van der Waals surface area contributed by atoms with E-state index in [9.17, 15) is 9.59 Å². The molecular weight excluding hydrogens is 366 g/mol. The molecule has 29 heavy (non-hydrogen) atoms. The molecule has 0 aromatic heterocycles. The van der Waals surface area contributed by atoms with Gasteiger partial charge in [0.1, 0.15) is 0 Å². The fourth-order valence-corrected chi connectivity index (χ4v) is 3.74. The lowest BCUT2D eigenvalue weighted by molar-refractivity contribution is -0.126. The largest absolute Gasteiger partial charge is 0.374 e. The van der Waals surface area contributed by atoms with Crippen LogP contribution in [0.4, 0.5) is 0 Å². The minimum absolute atomic E-state index is 0.00200. The molecule has 1 heterocycles. The first-order chi connectivity index (χ1) is 14.0. The molecule has 1 saturated heterocycles.